The van der Waals surface area contributed by atoms with Gasteiger partial charge >= 0.3 is 0 Å². The van der Waals surface area contributed by atoms with Gasteiger partial charge in [-0.15, -0.1) is 0 Å². The average molecular weight is 457 g/mol. The highest BCUT2D eigenvalue weighted by Crippen LogP contribution is 2.31. The summed E-state index contributed by atoms with van der Waals surface area (Å²) in [5.41, 5.74) is 9.20. The van der Waals surface area contributed by atoms with E-state index in [1.54, 1.807) is 16.3 Å². The number of aromatic nitrogens is 2. The monoisotopic (exact) mass is 456 g/mol. The van der Waals surface area contributed by atoms with Crippen LogP contribution < -0.4 is 5.56 Å². The lowest BCUT2D eigenvalue weighted by atomic mass is 9.84. The summed E-state index contributed by atoms with van der Waals surface area (Å²) in [4.78, 5) is 18.5. The van der Waals surface area contributed by atoms with Gasteiger partial charge in [0.15, 0.2) is 5.16 Å². The number of hydrogen-bond donors (Lipinski definition) is 0. The number of benzene rings is 3. The van der Waals surface area contributed by atoms with E-state index in [2.05, 4.69) is 72.7 Å². The summed E-state index contributed by atoms with van der Waals surface area (Å²) in [5.74, 6) is 0.762. The molecule has 0 spiro atoms. The molecule has 1 heterocycles. The molecule has 1 aromatic heterocycles. The molecule has 170 valence electrons. The molecule has 0 saturated carbocycles. The number of thioether (sulfide) groups is 1. The van der Waals surface area contributed by atoms with Crippen molar-refractivity contribution < 1.29 is 0 Å². The lowest BCUT2D eigenvalue weighted by Crippen LogP contribution is -2.22. The number of para-hydroxylation sites is 1. The Morgan fingerprint density at radius 1 is 0.879 bits per heavy atom. The molecule has 4 aromatic rings. The van der Waals surface area contributed by atoms with Gasteiger partial charge in [0.2, 0.25) is 0 Å². The van der Waals surface area contributed by atoms with Crippen molar-refractivity contribution in [2.75, 3.05) is 0 Å². The van der Waals surface area contributed by atoms with Gasteiger partial charge in [0.1, 0.15) is 0 Å². The van der Waals surface area contributed by atoms with Crippen LogP contribution in [0.4, 0.5) is 0 Å². The molecule has 3 nitrogen and oxygen atoms in total. The highest BCUT2D eigenvalue weighted by atomic mass is 32.2. The first-order valence-corrected chi connectivity index (χ1v) is 12.4. The number of nitrogens with zero attached hydrogens (tertiary/aromatic N) is 2. The zero-order valence-corrected chi connectivity index (χ0v) is 21.4. The molecule has 0 atom stereocenters. The SMILES string of the molecule is Cc1ccc(-n2c(SCc3c(C)cc(C(C)(C)C)cc3C)nc3ccccc3c2=O)c(C)c1. The van der Waals surface area contributed by atoms with Gasteiger partial charge in [0.05, 0.1) is 16.6 Å². The maximum Gasteiger partial charge on any atom is 0.266 e. The van der Waals surface area contributed by atoms with Gasteiger partial charge in [0, 0.05) is 5.75 Å². The Morgan fingerprint density at radius 3 is 2.18 bits per heavy atom. The van der Waals surface area contributed by atoms with Crippen LogP contribution >= 0.6 is 11.8 Å². The first-order valence-electron chi connectivity index (χ1n) is 11.4. The summed E-state index contributed by atoms with van der Waals surface area (Å²) >= 11 is 1.63. The summed E-state index contributed by atoms with van der Waals surface area (Å²) < 4.78 is 1.79. The molecular weight excluding hydrogens is 424 g/mol. The van der Waals surface area contributed by atoms with Gasteiger partial charge in [-0.05, 0) is 79.1 Å². The first-order chi connectivity index (χ1) is 15.6. The molecule has 0 aliphatic rings. The molecule has 33 heavy (non-hydrogen) atoms. The fourth-order valence-corrected chi connectivity index (χ4v) is 5.47. The van der Waals surface area contributed by atoms with Crippen LogP contribution in [0.15, 0.2) is 64.5 Å². The number of aryl methyl sites for hydroxylation is 4. The van der Waals surface area contributed by atoms with Crippen LogP contribution in [0, 0.1) is 27.7 Å². The van der Waals surface area contributed by atoms with Crippen molar-refractivity contribution in [1.82, 2.24) is 9.55 Å². The Morgan fingerprint density at radius 2 is 1.55 bits per heavy atom. The van der Waals surface area contributed by atoms with Crippen molar-refractivity contribution >= 4 is 22.7 Å². The van der Waals surface area contributed by atoms with E-state index in [1.807, 2.05) is 30.3 Å². The molecule has 0 unspecified atom stereocenters. The van der Waals surface area contributed by atoms with Crippen molar-refractivity contribution in [2.24, 2.45) is 0 Å². The minimum absolute atomic E-state index is 0.0217. The highest BCUT2D eigenvalue weighted by Gasteiger charge is 2.18. The normalized spacial score (nSPS) is 11.8. The number of hydrogen-bond acceptors (Lipinski definition) is 3. The molecule has 0 amide bonds. The molecule has 0 aliphatic heterocycles. The minimum Gasteiger partial charge on any atom is -0.268 e. The van der Waals surface area contributed by atoms with Crippen LogP contribution in [0.25, 0.3) is 16.6 Å². The molecule has 3 aromatic carbocycles. The predicted octanol–water partition coefficient (Wildman–Crippen LogP) is 7.21. The largest absolute Gasteiger partial charge is 0.268 e. The van der Waals surface area contributed by atoms with E-state index in [0.717, 1.165) is 27.7 Å². The summed E-state index contributed by atoms with van der Waals surface area (Å²) in [6.45, 7) is 15.2. The maximum absolute atomic E-state index is 13.6. The molecule has 0 fully saturated rings. The summed E-state index contributed by atoms with van der Waals surface area (Å²) in [5, 5.41) is 1.37. The minimum atomic E-state index is -0.0217. The van der Waals surface area contributed by atoms with E-state index in [1.165, 1.54) is 27.8 Å². The first kappa shape index (κ1) is 23.3. The molecule has 0 radical (unpaired) electrons. The van der Waals surface area contributed by atoms with Crippen LogP contribution in [0.1, 0.15) is 54.2 Å². The van der Waals surface area contributed by atoms with Crippen molar-refractivity contribution in [3.8, 4) is 5.69 Å². The molecule has 0 N–H and O–H groups in total. The third-order valence-electron chi connectivity index (χ3n) is 6.25. The van der Waals surface area contributed by atoms with Crippen LogP contribution in [-0.2, 0) is 11.2 Å². The lowest BCUT2D eigenvalue weighted by molar-refractivity contribution is 0.589. The number of rotatable bonds is 4. The summed E-state index contributed by atoms with van der Waals surface area (Å²) in [6, 6.07) is 18.4. The second kappa shape index (κ2) is 8.83. The zero-order valence-electron chi connectivity index (χ0n) is 20.6. The second-order valence-electron chi connectivity index (χ2n) is 9.97. The lowest BCUT2D eigenvalue weighted by Gasteiger charge is -2.22. The van der Waals surface area contributed by atoms with Gasteiger partial charge in [-0.25, -0.2) is 4.98 Å². The van der Waals surface area contributed by atoms with Gasteiger partial charge in [-0.2, -0.15) is 0 Å². The van der Waals surface area contributed by atoms with E-state index >= 15 is 0 Å². The third-order valence-corrected chi connectivity index (χ3v) is 7.21. The Hall–Kier alpha value is -2.85. The molecule has 4 rings (SSSR count). The van der Waals surface area contributed by atoms with E-state index in [0.29, 0.717) is 5.39 Å². The fraction of sp³-hybridized carbons (Fsp3) is 0.310. The summed E-state index contributed by atoms with van der Waals surface area (Å²) in [6.07, 6.45) is 0. The molecular formula is C29H32N2OS. The standard InChI is InChI=1S/C29H32N2OS/c1-18-12-13-26(21(4)14-18)31-27(32)23-10-8-9-11-25(23)30-28(31)33-17-24-19(2)15-22(16-20(24)3)29(5,6)7/h8-16H,17H2,1-7H3. The zero-order chi connectivity index (χ0) is 23.9. The molecule has 4 heteroatoms. The van der Waals surface area contributed by atoms with E-state index < -0.39 is 0 Å². The van der Waals surface area contributed by atoms with Crippen LogP contribution in [0.2, 0.25) is 0 Å². The second-order valence-corrected chi connectivity index (χ2v) is 10.9. The molecule has 0 aliphatic carbocycles. The Kier molecular flexibility index (Phi) is 6.24. The fourth-order valence-electron chi connectivity index (χ4n) is 4.27. The van der Waals surface area contributed by atoms with Crippen LogP contribution in [-0.4, -0.2) is 9.55 Å². The van der Waals surface area contributed by atoms with Gasteiger partial charge < -0.3 is 0 Å². The Bertz CT molecular complexity index is 1390. The van der Waals surface area contributed by atoms with Crippen molar-refractivity contribution in [3.05, 3.63) is 98.3 Å². The van der Waals surface area contributed by atoms with Gasteiger partial charge in [-0.1, -0.05) is 74.5 Å². The Labute approximate surface area is 200 Å². The van der Waals surface area contributed by atoms with Crippen LogP contribution in [0.3, 0.4) is 0 Å². The van der Waals surface area contributed by atoms with E-state index in [4.69, 9.17) is 4.98 Å². The molecule has 0 bridgehead atoms. The smallest absolute Gasteiger partial charge is 0.266 e. The average Bonchev–Trinajstić information content (AvgIpc) is 2.73. The molecule has 0 saturated heterocycles. The van der Waals surface area contributed by atoms with Crippen LogP contribution in [0.5, 0.6) is 0 Å². The van der Waals surface area contributed by atoms with Crippen molar-refractivity contribution in [2.45, 2.75) is 64.8 Å². The number of fused-ring (bicyclic) bond motifs is 1. The Balaban J connectivity index is 1.82. The van der Waals surface area contributed by atoms with E-state index in [-0.39, 0.29) is 11.0 Å². The van der Waals surface area contributed by atoms with Crippen molar-refractivity contribution in [1.29, 1.82) is 0 Å². The maximum atomic E-state index is 13.6. The van der Waals surface area contributed by atoms with Crippen molar-refractivity contribution in [3.63, 3.8) is 0 Å². The third kappa shape index (κ3) is 4.63. The summed E-state index contributed by atoms with van der Waals surface area (Å²) in [7, 11) is 0. The predicted molar refractivity (Wildman–Crippen MR) is 141 cm³/mol. The van der Waals surface area contributed by atoms with E-state index in [9.17, 15) is 4.79 Å². The quantitative estimate of drug-likeness (QED) is 0.240. The highest BCUT2D eigenvalue weighted by molar-refractivity contribution is 7.98. The van der Waals surface area contributed by atoms with Gasteiger partial charge in [-0.3, -0.25) is 9.36 Å². The topological polar surface area (TPSA) is 34.9 Å². The van der Waals surface area contributed by atoms with Gasteiger partial charge in [0.25, 0.3) is 5.56 Å².